The van der Waals surface area contributed by atoms with Gasteiger partial charge in [0.2, 0.25) is 0 Å². The van der Waals surface area contributed by atoms with Crippen LogP contribution in [0, 0.1) is 5.82 Å². The summed E-state index contributed by atoms with van der Waals surface area (Å²) in [6.45, 7) is 2.27. The van der Waals surface area contributed by atoms with Crippen LogP contribution in [0.25, 0.3) is 11.3 Å². The van der Waals surface area contributed by atoms with Gasteiger partial charge in [0.05, 0.1) is 11.2 Å². The van der Waals surface area contributed by atoms with Gasteiger partial charge in [0.25, 0.3) is 0 Å². The van der Waals surface area contributed by atoms with E-state index in [0.717, 1.165) is 29.5 Å². The molecule has 0 bridgehead atoms. The first-order chi connectivity index (χ1) is 10.6. The zero-order valence-corrected chi connectivity index (χ0v) is 12.9. The van der Waals surface area contributed by atoms with Crippen LogP contribution in [-0.2, 0) is 0 Å². The second-order valence-corrected chi connectivity index (χ2v) is 6.66. The van der Waals surface area contributed by atoms with Crippen molar-refractivity contribution in [3.63, 3.8) is 0 Å². The highest BCUT2D eigenvalue weighted by Crippen LogP contribution is 2.36. The number of rotatable bonds is 2. The maximum atomic E-state index is 13.0. The second-order valence-electron chi connectivity index (χ2n) is 5.82. The van der Waals surface area contributed by atoms with Crippen molar-refractivity contribution in [2.24, 2.45) is 0 Å². The minimum absolute atomic E-state index is 0.00853. The first-order valence-corrected chi connectivity index (χ1v) is 7.93. The van der Waals surface area contributed by atoms with Crippen LogP contribution in [0.15, 0.2) is 29.6 Å². The molecule has 0 unspecified atom stereocenters. The number of thiazole rings is 1. The molecule has 3 heterocycles. The maximum absolute atomic E-state index is 13.0. The van der Waals surface area contributed by atoms with Crippen molar-refractivity contribution in [3.8, 4) is 11.3 Å². The van der Waals surface area contributed by atoms with Crippen molar-refractivity contribution in [2.75, 3.05) is 31.6 Å². The number of urea groups is 1. The largest absolute Gasteiger partial charge is 0.343 e. The molecule has 2 aliphatic rings. The summed E-state index contributed by atoms with van der Waals surface area (Å²) in [5.74, 6) is -0.245. The average molecular weight is 318 g/mol. The van der Waals surface area contributed by atoms with Crippen molar-refractivity contribution < 1.29 is 9.18 Å². The Morgan fingerprint density at radius 1 is 1.32 bits per heavy atom. The molecule has 2 aliphatic heterocycles. The van der Waals surface area contributed by atoms with Crippen LogP contribution in [0.3, 0.4) is 0 Å². The van der Waals surface area contributed by atoms with Crippen molar-refractivity contribution in [1.29, 1.82) is 0 Å². The highest BCUT2D eigenvalue weighted by atomic mass is 32.1. The summed E-state index contributed by atoms with van der Waals surface area (Å²) in [4.78, 5) is 20.2. The molecule has 2 aromatic rings. The average Bonchev–Trinajstić information content (AvgIpc) is 3.05. The monoisotopic (exact) mass is 318 g/mol. The molecule has 1 N–H and O–H groups in total. The van der Waals surface area contributed by atoms with Crippen LogP contribution in [0.1, 0.15) is 0 Å². The van der Waals surface area contributed by atoms with E-state index in [1.165, 1.54) is 12.1 Å². The van der Waals surface area contributed by atoms with E-state index in [9.17, 15) is 9.18 Å². The Labute approximate surface area is 131 Å². The quantitative estimate of drug-likeness (QED) is 0.923. The minimum Gasteiger partial charge on any atom is -0.343 e. The third kappa shape index (κ3) is 1.96. The summed E-state index contributed by atoms with van der Waals surface area (Å²) in [6, 6.07) is 6.35. The summed E-state index contributed by atoms with van der Waals surface area (Å²) >= 11 is 1.57. The summed E-state index contributed by atoms with van der Waals surface area (Å²) in [6.07, 6.45) is 0. The SMILES string of the molecule is CN1C(=O)NCC12CN(c1nc(-c3ccc(F)cc3)cs1)C2. The summed E-state index contributed by atoms with van der Waals surface area (Å²) in [5, 5.41) is 5.80. The van der Waals surface area contributed by atoms with Crippen LogP contribution < -0.4 is 10.2 Å². The molecule has 4 rings (SSSR count). The van der Waals surface area contributed by atoms with E-state index in [-0.39, 0.29) is 17.4 Å². The number of hydrogen-bond donors (Lipinski definition) is 1. The number of nitrogens with one attached hydrogen (secondary N) is 1. The fourth-order valence-corrected chi connectivity index (χ4v) is 3.81. The number of benzene rings is 1. The number of hydrogen-bond acceptors (Lipinski definition) is 4. The van der Waals surface area contributed by atoms with Gasteiger partial charge in [-0.2, -0.15) is 0 Å². The molecule has 0 radical (unpaired) electrons. The number of halogens is 1. The summed E-state index contributed by atoms with van der Waals surface area (Å²) in [5.41, 5.74) is 1.67. The van der Waals surface area contributed by atoms with Crippen LogP contribution in [0.5, 0.6) is 0 Å². The van der Waals surface area contributed by atoms with Crippen molar-refractivity contribution in [3.05, 3.63) is 35.5 Å². The Morgan fingerprint density at radius 2 is 2.05 bits per heavy atom. The number of aromatic nitrogens is 1. The lowest BCUT2D eigenvalue weighted by Gasteiger charge is -2.50. The lowest BCUT2D eigenvalue weighted by atomic mass is 9.90. The minimum atomic E-state index is -0.245. The Bertz CT molecular complexity index is 723. The first kappa shape index (κ1) is 13.5. The Hall–Kier alpha value is -2.15. The van der Waals surface area contributed by atoms with Gasteiger partial charge in [0, 0.05) is 37.6 Å². The van der Waals surface area contributed by atoms with Gasteiger partial charge in [-0.15, -0.1) is 11.3 Å². The molecular formula is C15H15FN4OS. The van der Waals surface area contributed by atoms with Gasteiger partial charge in [-0.25, -0.2) is 14.2 Å². The standard InChI is InChI=1S/C15H15FN4OS/c1-19-13(21)17-7-15(19)8-20(9-15)14-18-12(6-22-14)10-2-4-11(16)5-3-10/h2-6H,7-9H2,1H3,(H,17,21). The highest BCUT2D eigenvalue weighted by molar-refractivity contribution is 7.14. The fraction of sp³-hybridized carbons (Fsp3) is 0.333. The third-order valence-corrected chi connectivity index (χ3v) is 5.36. The summed E-state index contributed by atoms with van der Waals surface area (Å²) < 4.78 is 13.0. The molecule has 2 fully saturated rings. The number of amides is 2. The molecule has 1 spiro atoms. The fourth-order valence-electron chi connectivity index (χ4n) is 2.98. The van der Waals surface area contributed by atoms with E-state index in [1.54, 1.807) is 28.4 Å². The van der Waals surface area contributed by atoms with E-state index in [0.29, 0.717) is 6.54 Å². The van der Waals surface area contributed by atoms with Crippen molar-refractivity contribution >= 4 is 22.5 Å². The van der Waals surface area contributed by atoms with E-state index < -0.39 is 0 Å². The Balaban J connectivity index is 1.50. The van der Waals surface area contributed by atoms with Gasteiger partial charge in [-0.3, -0.25) is 0 Å². The van der Waals surface area contributed by atoms with Crippen LogP contribution in [-0.4, -0.2) is 48.1 Å². The molecule has 7 heteroatoms. The predicted octanol–water partition coefficient (Wildman–Crippen LogP) is 2.16. The van der Waals surface area contributed by atoms with E-state index >= 15 is 0 Å². The molecule has 1 aromatic carbocycles. The van der Waals surface area contributed by atoms with Gasteiger partial charge in [0.1, 0.15) is 5.82 Å². The molecule has 0 aliphatic carbocycles. The first-order valence-electron chi connectivity index (χ1n) is 7.05. The highest BCUT2D eigenvalue weighted by Gasteiger charge is 2.52. The van der Waals surface area contributed by atoms with E-state index in [2.05, 4.69) is 15.2 Å². The van der Waals surface area contributed by atoms with Crippen LogP contribution in [0.2, 0.25) is 0 Å². The molecule has 2 amide bonds. The molecule has 2 saturated heterocycles. The van der Waals surface area contributed by atoms with Gasteiger partial charge < -0.3 is 15.1 Å². The lowest BCUT2D eigenvalue weighted by molar-refractivity contribution is 0.152. The molecule has 114 valence electrons. The lowest BCUT2D eigenvalue weighted by Crippen LogP contribution is -2.69. The zero-order chi connectivity index (χ0) is 15.3. The second kappa shape index (κ2) is 4.67. The third-order valence-electron chi connectivity index (χ3n) is 4.46. The van der Waals surface area contributed by atoms with Crippen molar-refractivity contribution in [2.45, 2.75) is 5.54 Å². The normalized spacial score (nSPS) is 19.5. The Morgan fingerprint density at radius 3 is 2.68 bits per heavy atom. The number of carbonyl (C=O) groups is 1. The van der Waals surface area contributed by atoms with E-state index in [4.69, 9.17) is 0 Å². The van der Waals surface area contributed by atoms with Gasteiger partial charge in [-0.05, 0) is 24.3 Å². The molecule has 0 atom stereocenters. The number of anilines is 1. The zero-order valence-electron chi connectivity index (χ0n) is 12.0. The van der Waals surface area contributed by atoms with Gasteiger partial charge in [0.15, 0.2) is 5.13 Å². The molecule has 22 heavy (non-hydrogen) atoms. The summed E-state index contributed by atoms with van der Waals surface area (Å²) in [7, 11) is 1.84. The molecular weight excluding hydrogens is 303 g/mol. The number of carbonyl (C=O) groups excluding carboxylic acids is 1. The molecule has 5 nitrogen and oxygen atoms in total. The van der Waals surface area contributed by atoms with Crippen LogP contribution >= 0.6 is 11.3 Å². The van der Waals surface area contributed by atoms with Crippen LogP contribution in [0.4, 0.5) is 14.3 Å². The maximum Gasteiger partial charge on any atom is 0.317 e. The Kier molecular flexibility index (Phi) is 2.87. The van der Waals surface area contributed by atoms with E-state index in [1.807, 2.05) is 12.4 Å². The molecule has 0 saturated carbocycles. The topological polar surface area (TPSA) is 48.5 Å². The molecule has 1 aromatic heterocycles. The van der Waals surface area contributed by atoms with Gasteiger partial charge in [-0.1, -0.05) is 0 Å². The number of likely N-dealkylation sites (N-methyl/N-ethyl adjacent to an activating group) is 1. The predicted molar refractivity (Wildman–Crippen MR) is 83.6 cm³/mol. The van der Waals surface area contributed by atoms with Crippen molar-refractivity contribution in [1.82, 2.24) is 15.2 Å². The smallest absolute Gasteiger partial charge is 0.317 e. The van der Waals surface area contributed by atoms with Gasteiger partial charge >= 0.3 is 6.03 Å². The number of nitrogens with zero attached hydrogens (tertiary/aromatic N) is 3.